The number of hydrogen-bond acceptors (Lipinski definition) is 2. The van der Waals surface area contributed by atoms with E-state index in [1.165, 1.54) is 12.8 Å². The lowest BCUT2D eigenvalue weighted by Crippen LogP contribution is -2.37. The summed E-state index contributed by atoms with van der Waals surface area (Å²) in [6, 6.07) is 17.4. The second-order valence-corrected chi connectivity index (χ2v) is 6.48. The van der Waals surface area contributed by atoms with Gasteiger partial charge in [0.25, 0.3) is 0 Å². The molecule has 120 valence electrons. The summed E-state index contributed by atoms with van der Waals surface area (Å²) in [7, 11) is 0. The maximum atomic E-state index is 12.3. The summed E-state index contributed by atoms with van der Waals surface area (Å²) in [5, 5.41) is 7.01. The Bertz CT molecular complexity index is 655. The van der Waals surface area contributed by atoms with Gasteiger partial charge in [-0.25, -0.2) is 0 Å². The van der Waals surface area contributed by atoms with Crippen LogP contribution in [0.4, 0.5) is 0 Å². The molecule has 1 amide bonds. The molecule has 2 aromatic carbocycles. The van der Waals surface area contributed by atoms with Crippen molar-refractivity contribution in [3.63, 3.8) is 0 Å². The first-order valence-electron chi connectivity index (χ1n) is 8.03. The number of halogens is 1. The predicted octanol–water partition coefficient (Wildman–Crippen LogP) is 3.55. The van der Waals surface area contributed by atoms with E-state index < -0.39 is 0 Å². The molecule has 0 spiro atoms. The van der Waals surface area contributed by atoms with Crippen LogP contribution in [0.5, 0.6) is 0 Å². The van der Waals surface area contributed by atoms with Crippen LogP contribution in [0.3, 0.4) is 0 Å². The molecule has 1 aliphatic rings. The number of amides is 1. The largest absolute Gasteiger partial charge is 0.344 e. The summed E-state index contributed by atoms with van der Waals surface area (Å²) < 4.78 is 0. The first-order chi connectivity index (χ1) is 11.2. The summed E-state index contributed by atoms with van der Waals surface area (Å²) in [5.74, 6) is 0.764. The van der Waals surface area contributed by atoms with E-state index in [1.807, 2.05) is 54.6 Å². The summed E-state index contributed by atoms with van der Waals surface area (Å²) in [5.41, 5.74) is 2.03. The van der Waals surface area contributed by atoms with Crippen LogP contribution in [0, 0.1) is 5.92 Å². The monoisotopic (exact) mass is 328 g/mol. The third-order valence-electron chi connectivity index (χ3n) is 4.04. The second-order valence-electron chi connectivity index (χ2n) is 6.04. The van der Waals surface area contributed by atoms with Gasteiger partial charge in [0.1, 0.15) is 0 Å². The number of carbonyl (C=O) groups is 1. The van der Waals surface area contributed by atoms with E-state index in [-0.39, 0.29) is 11.9 Å². The van der Waals surface area contributed by atoms with Crippen molar-refractivity contribution in [1.29, 1.82) is 0 Å². The van der Waals surface area contributed by atoms with E-state index in [1.54, 1.807) is 0 Å². The van der Waals surface area contributed by atoms with Crippen LogP contribution in [0.1, 0.15) is 30.0 Å². The van der Waals surface area contributed by atoms with Crippen LogP contribution in [-0.4, -0.2) is 19.0 Å². The summed E-state index contributed by atoms with van der Waals surface area (Å²) in [6.45, 7) is 1.28. The molecule has 4 heteroatoms. The van der Waals surface area contributed by atoms with Crippen LogP contribution < -0.4 is 10.6 Å². The van der Waals surface area contributed by atoms with E-state index in [0.29, 0.717) is 11.6 Å². The lowest BCUT2D eigenvalue weighted by molar-refractivity contribution is -0.120. The van der Waals surface area contributed by atoms with Gasteiger partial charge in [-0.3, -0.25) is 4.79 Å². The molecule has 0 aromatic heterocycles. The number of carbonyl (C=O) groups excluding carboxylic acids is 1. The van der Waals surface area contributed by atoms with Crippen LogP contribution in [0.25, 0.3) is 0 Å². The highest BCUT2D eigenvalue weighted by Crippen LogP contribution is 2.27. The molecule has 0 bridgehead atoms. The average Bonchev–Trinajstić information content (AvgIpc) is 3.38. The van der Waals surface area contributed by atoms with Crippen LogP contribution in [0.15, 0.2) is 54.6 Å². The first-order valence-corrected chi connectivity index (χ1v) is 8.40. The highest BCUT2D eigenvalue weighted by molar-refractivity contribution is 6.30. The fraction of sp³-hybridized carbons (Fsp3) is 0.316. The van der Waals surface area contributed by atoms with Crippen molar-refractivity contribution < 1.29 is 4.79 Å². The Labute approximate surface area is 142 Å². The molecule has 0 heterocycles. The van der Waals surface area contributed by atoms with E-state index in [9.17, 15) is 4.79 Å². The minimum Gasteiger partial charge on any atom is -0.344 e. The summed E-state index contributed by atoms with van der Waals surface area (Å²) in [6.07, 6.45) is 2.56. The molecule has 1 unspecified atom stereocenters. The number of nitrogens with one attached hydrogen (secondary N) is 2. The number of hydrogen-bond donors (Lipinski definition) is 2. The molecule has 1 fully saturated rings. The maximum Gasteiger partial charge on any atom is 0.234 e. The highest BCUT2D eigenvalue weighted by atomic mass is 35.5. The van der Waals surface area contributed by atoms with E-state index in [4.69, 9.17) is 11.6 Å². The molecular weight excluding hydrogens is 308 g/mol. The molecule has 3 nitrogen and oxygen atoms in total. The number of benzene rings is 2. The molecule has 2 aromatic rings. The van der Waals surface area contributed by atoms with Crippen molar-refractivity contribution in [2.45, 2.75) is 18.9 Å². The van der Waals surface area contributed by atoms with Crippen LogP contribution in [0.2, 0.25) is 5.02 Å². The average molecular weight is 329 g/mol. The van der Waals surface area contributed by atoms with Gasteiger partial charge in [0.2, 0.25) is 5.91 Å². The van der Waals surface area contributed by atoms with E-state index in [2.05, 4.69) is 10.6 Å². The van der Waals surface area contributed by atoms with Crippen LogP contribution in [-0.2, 0) is 4.79 Å². The van der Waals surface area contributed by atoms with Gasteiger partial charge >= 0.3 is 0 Å². The van der Waals surface area contributed by atoms with Gasteiger partial charge in [-0.2, -0.15) is 0 Å². The molecule has 1 atom stereocenters. The van der Waals surface area contributed by atoms with Gasteiger partial charge in [0.15, 0.2) is 0 Å². The zero-order valence-corrected chi connectivity index (χ0v) is 13.7. The molecular formula is C19H21ClN2O. The smallest absolute Gasteiger partial charge is 0.234 e. The predicted molar refractivity (Wildman–Crippen MR) is 93.5 cm³/mol. The second kappa shape index (κ2) is 7.62. The van der Waals surface area contributed by atoms with Crippen molar-refractivity contribution in [3.8, 4) is 0 Å². The Balaban J connectivity index is 1.71. The van der Waals surface area contributed by atoms with Gasteiger partial charge in [-0.1, -0.05) is 54.1 Å². The Morgan fingerprint density at radius 2 is 1.83 bits per heavy atom. The molecule has 0 radical (unpaired) electrons. The van der Waals surface area contributed by atoms with Gasteiger partial charge in [-0.05, 0) is 48.6 Å². The van der Waals surface area contributed by atoms with Crippen molar-refractivity contribution >= 4 is 17.5 Å². The lowest BCUT2D eigenvalue weighted by Gasteiger charge is -2.20. The zero-order valence-electron chi connectivity index (χ0n) is 13.0. The van der Waals surface area contributed by atoms with Gasteiger partial charge < -0.3 is 10.6 Å². The Kier molecular flexibility index (Phi) is 5.31. The first kappa shape index (κ1) is 16.0. The standard InChI is InChI=1S/C19H21ClN2O/c20-17-8-4-7-16(11-17)19(15-5-2-1-3-6-15)22-18(23)13-21-12-14-9-10-14/h1-8,11,14,19,21H,9-10,12-13H2,(H,22,23). The third kappa shape index (κ3) is 4.81. The summed E-state index contributed by atoms with van der Waals surface area (Å²) in [4.78, 5) is 12.3. The fourth-order valence-electron chi connectivity index (χ4n) is 2.61. The van der Waals surface area contributed by atoms with Gasteiger partial charge in [0, 0.05) is 5.02 Å². The molecule has 0 aliphatic heterocycles. The zero-order chi connectivity index (χ0) is 16.1. The van der Waals surface area contributed by atoms with Gasteiger partial charge in [0.05, 0.1) is 12.6 Å². The fourth-order valence-corrected chi connectivity index (χ4v) is 2.81. The molecule has 2 N–H and O–H groups in total. The van der Waals surface area contributed by atoms with Crippen molar-refractivity contribution in [1.82, 2.24) is 10.6 Å². The maximum absolute atomic E-state index is 12.3. The van der Waals surface area contributed by atoms with Crippen LogP contribution >= 0.6 is 11.6 Å². The van der Waals surface area contributed by atoms with Crippen molar-refractivity contribution in [2.75, 3.05) is 13.1 Å². The molecule has 3 rings (SSSR count). The molecule has 1 aliphatic carbocycles. The van der Waals surface area contributed by atoms with Gasteiger partial charge in [-0.15, -0.1) is 0 Å². The van der Waals surface area contributed by atoms with Crippen molar-refractivity contribution in [3.05, 3.63) is 70.7 Å². The SMILES string of the molecule is O=C(CNCC1CC1)NC(c1ccccc1)c1cccc(Cl)c1. The number of rotatable bonds is 7. The summed E-state index contributed by atoms with van der Waals surface area (Å²) >= 11 is 6.11. The minimum absolute atomic E-state index is 0.000483. The third-order valence-corrected chi connectivity index (χ3v) is 4.27. The normalized spacial score (nSPS) is 15.2. The van der Waals surface area contributed by atoms with E-state index >= 15 is 0 Å². The quantitative estimate of drug-likeness (QED) is 0.816. The molecule has 0 saturated heterocycles. The Morgan fingerprint density at radius 3 is 2.52 bits per heavy atom. The highest BCUT2D eigenvalue weighted by Gasteiger charge is 2.21. The Hall–Kier alpha value is -1.84. The molecule has 1 saturated carbocycles. The topological polar surface area (TPSA) is 41.1 Å². The van der Waals surface area contributed by atoms with E-state index in [0.717, 1.165) is 23.6 Å². The Morgan fingerprint density at radius 1 is 1.09 bits per heavy atom. The molecule has 23 heavy (non-hydrogen) atoms. The minimum atomic E-state index is -0.190. The lowest BCUT2D eigenvalue weighted by atomic mass is 9.98. The van der Waals surface area contributed by atoms with Crippen molar-refractivity contribution in [2.24, 2.45) is 5.92 Å².